The number of amides is 2. The minimum absolute atomic E-state index is 0.0734. The van der Waals surface area contributed by atoms with E-state index in [1.165, 1.54) is 0 Å². The van der Waals surface area contributed by atoms with E-state index in [0.29, 0.717) is 6.54 Å². The number of hydrogen-bond acceptors (Lipinski definition) is 4. The molecule has 6 nitrogen and oxygen atoms in total. The van der Waals surface area contributed by atoms with E-state index in [4.69, 9.17) is 4.42 Å². The number of carbonyl (C=O) groups is 2. The molecule has 0 radical (unpaired) electrons. The molecule has 0 saturated carbocycles. The van der Waals surface area contributed by atoms with E-state index < -0.39 is 6.04 Å². The van der Waals surface area contributed by atoms with Crippen LogP contribution in [-0.2, 0) is 9.59 Å². The number of hydrogen-bond donors (Lipinski definition) is 3. The molecular weight excluding hydrogens is 306 g/mol. The van der Waals surface area contributed by atoms with Crippen LogP contribution >= 0.6 is 0 Å². The van der Waals surface area contributed by atoms with Gasteiger partial charge in [-0.1, -0.05) is 30.3 Å². The topological polar surface area (TPSA) is 83.4 Å². The number of carbonyl (C=O) groups excluding carboxylic acids is 2. The normalized spacial score (nSPS) is 13.1. The number of furan rings is 1. The molecule has 0 aliphatic heterocycles. The summed E-state index contributed by atoms with van der Waals surface area (Å²) < 4.78 is 5.48. The zero-order valence-corrected chi connectivity index (χ0v) is 13.9. The summed E-state index contributed by atoms with van der Waals surface area (Å²) in [7, 11) is 0. The largest absolute Gasteiger partial charge is 0.467 e. The van der Waals surface area contributed by atoms with Crippen LogP contribution in [0.1, 0.15) is 31.2 Å². The number of nitrogens with one attached hydrogen (secondary N) is 3. The Labute approximate surface area is 141 Å². The van der Waals surface area contributed by atoms with Gasteiger partial charge in [0.2, 0.25) is 11.8 Å². The summed E-state index contributed by atoms with van der Waals surface area (Å²) in [5, 5.41) is 8.52. The van der Waals surface area contributed by atoms with Crippen molar-refractivity contribution in [3.8, 4) is 0 Å². The van der Waals surface area contributed by atoms with Gasteiger partial charge >= 0.3 is 0 Å². The first kappa shape index (κ1) is 17.7. The van der Waals surface area contributed by atoms with E-state index in [1.807, 2.05) is 49.4 Å². The van der Waals surface area contributed by atoms with Gasteiger partial charge in [0.1, 0.15) is 11.8 Å². The molecule has 0 bridgehead atoms. The molecular formula is C18H23N3O3. The van der Waals surface area contributed by atoms with Crippen LogP contribution in [0.3, 0.4) is 0 Å². The van der Waals surface area contributed by atoms with Gasteiger partial charge in [-0.3, -0.25) is 14.9 Å². The van der Waals surface area contributed by atoms with Crippen molar-refractivity contribution in [2.75, 3.05) is 13.1 Å². The molecule has 0 spiro atoms. The van der Waals surface area contributed by atoms with Gasteiger partial charge in [0.05, 0.1) is 18.8 Å². The Morgan fingerprint density at radius 3 is 2.50 bits per heavy atom. The molecule has 3 N–H and O–H groups in total. The van der Waals surface area contributed by atoms with Gasteiger partial charge in [0.25, 0.3) is 0 Å². The maximum Gasteiger partial charge on any atom is 0.242 e. The van der Waals surface area contributed by atoms with Crippen molar-refractivity contribution in [3.63, 3.8) is 0 Å². The van der Waals surface area contributed by atoms with E-state index in [1.54, 1.807) is 13.2 Å². The molecule has 0 aliphatic carbocycles. The third-order valence-corrected chi connectivity index (χ3v) is 3.55. The second-order valence-corrected chi connectivity index (χ2v) is 5.42. The Morgan fingerprint density at radius 1 is 1.12 bits per heavy atom. The van der Waals surface area contributed by atoms with Gasteiger partial charge in [-0.2, -0.15) is 0 Å². The van der Waals surface area contributed by atoms with Crippen LogP contribution in [0.15, 0.2) is 53.1 Å². The number of benzene rings is 1. The molecule has 1 aromatic heterocycles. The molecule has 0 saturated heterocycles. The molecule has 0 aliphatic rings. The molecule has 2 rings (SSSR count). The minimum Gasteiger partial charge on any atom is -0.467 e. The van der Waals surface area contributed by atoms with Gasteiger partial charge < -0.3 is 15.1 Å². The lowest BCUT2D eigenvalue weighted by Gasteiger charge is -2.18. The van der Waals surface area contributed by atoms with Crippen LogP contribution in [0.5, 0.6) is 0 Å². The van der Waals surface area contributed by atoms with Crippen molar-refractivity contribution in [2.45, 2.75) is 25.9 Å². The molecule has 24 heavy (non-hydrogen) atoms. The van der Waals surface area contributed by atoms with Crippen molar-refractivity contribution in [3.05, 3.63) is 60.1 Å². The lowest BCUT2D eigenvalue weighted by molar-refractivity contribution is -0.128. The minimum atomic E-state index is -0.571. The van der Waals surface area contributed by atoms with Crippen LogP contribution in [0.2, 0.25) is 0 Å². The van der Waals surface area contributed by atoms with Crippen LogP contribution in [0.4, 0.5) is 0 Å². The van der Waals surface area contributed by atoms with Crippen molar-refractivity contribution < 1.29 is 14.0 Å². The van der Waals surface area contributed by atoms with Gasteiger partial charge in [-0.25, -0.2) is 0 Å². The standard InChI is InChI=1S/C18H23N3O3/c1-3-19-18(23)13(2)21-16(22)12-20-17(15-10-7-11-24-15)14-8-5-4-6-9-14/h4-11,13,17,20H,3,12H2,1-2H3,(H,19,23)(H,21,22)/t13-,17+/m1/s1. The summed E-state index contributed by atoms with van der Waals surface area (Å²) in [6.07, 6.45) is 1.60. The van der Waals surface area contributed by atoms with Gasteiger partial charge in [-0.15, -0.1) is 0 Å². The Hall–Kier alpha value is -2.60. The number of rotatable bonds is 8. The average molecular weight is 329 g/mol. The fourth-order valence-corrected chi connectivity index (χ4v) is 2.36. The van der Waals surface area contributed by atoms with Crippen molar-refractivity contribution >= 4 is 11.8 Å². The van der Waals surface area contributed by atoms with Gasteiger partial charge in [0.15, 0.2) is 0 Å². The first-order chi connectivity index (χ1) is 11.6. The highest BCUT2D eigenvalue weighted by Crippen LogP contribution is 2.21. The summed E-state index contributed by atoms with van der Waals surface area (Å²) >= 11 is 0. The first-order valence-corrected chi connectivity index (χ1v) is 8.00. The third-order valence-electron chi connectivity index (χ3n) is 3.55. The van der Waals surface area contributed by atoms with Crippen LogP contribution in [0.25, 0.3) is 0 Å². The summed E-state index contributed by atoms with van der Waals surface area (Å²) in [4.78, 5) is 23.7. The highest BCUT2D eigenvalue weighted by molar-refractivity contribution is 5.87. The van der Waals surface area contributed by atoms with Crippen LogP contribution < -0.4 is 16.0 Å². The molecule has 2 aromatic rings. The third kappa shape index (κ3) is 4.96. The van der Waals surface area contributed by atoms with E-state index in [2.05, 4.69) is 16.0 Å². The summed E-state index contributed by atoms with van der Waals surface area (Å²) in [6, 6.07) is 12.6. The van der Waals surface area contributed by atoms with E-state index in [0.717, 1.165) is 11.3 Å². The monoisotopic (exact) mass is 329 g/mol. The highest BCUT2D eigenvalue weighted by atomic mass is 16.3. The first-order valence-electron chi connectivity index (χ1n) is 8.00. The predicted molar refractivity (Wildman–Crippen MR) is 91.3 cm³/mol. The zero-order valence-electron chi connectivity index (χ0n) is 13.9. The summed E-state index contributed by atoms with van der Waals surface area (Å²) in [5.41, 5.74) is 0.997. The number of likely N-dealkylation sites (N-methyl/N-ethyl adjacent to an activating group) is 1. The molecule has 6 heteroatoms. The molecule has 2 amide bonds. The smallest absolute Gasteiger partial charge is 0.242 e. The quantitative estimate of drug-likeness (QED) is 0.687. The fraction of sp³-hybridized carbons (Fsp3) is 0.333. The Kier molecular flexibility index (Phi) is 6.57. The Balaban J connectivity index is 1.96. The molecule has 128 valence electrons. The second-order valence-electron chi connectivity index (χ2n) is 5.42. The lowest BCUT2D eigenvalue weighted by Crippen LogP contribution is -2.47. The molecule has 2 atom stereocenters. The molecule has 0 fully saturated rings. The van der Waals surface area contributed by atoms with E-state index in [-0.39, 0.29) is 24.4 Å². The highest BCUT2D eigenvalue weighted by Gasteiger charge is 2.19. The van der Waals surface area contributed by atoms with Crippen molar-refractivity contribution in [2.24, 2.45) is 0 Å². The van der Waals surface area contributed by atoms with Gasteiger partial charge in [-0.05, 0) is 31.5 Å². The van der Waals surface area contributed by atoms with Crippen LogP contribution in [-0.4, -0.2) is 30.9 Å². The van der Waals surface area contributed by atoms with E-state index >= 15 is 0 Å². The molecule has 1 heterocycles. The molecule has 0 unspecified atom stereocenters. The average Bonchev–Trinajstić information content (AvgIpc) is 3.10. The second kappa shape index (κ2) is 8.88. The Bertz CT molecular complexity index is 641. The predicted octanol–water partition coefficient (Wildman–Crippen LogP) is 1.60. The summed E-state index contributed by atoms with van der Waals surface area (Å²) in [5.74, 6) is 0.281. The zero-order chi connectivity index (χ0) is 17.4. The van der Waals surface area contributed by atoms with E-state index in [9.17, 15) is 9.59 Å². The maximum atomic E-state index is 12.1. The van der Waals surface area contributed by atoms with Crippen LogP contribution in [0, 0.1) is 0 Å². The SMILES string of the molecule is CCNC(=O)[C@@H](C)NC(=O)CN[C@@H](c1ccccc1)c1ccco1. The van der Waals surface area contributed by atoms with Crippen molar-refractivity contribution in [1.29, 1.82) is 0 Å². The Morgan fingerprint density at radius 2 is 1.88 bits per heavy atom. The molecule has 1 aromatic carbocycles. The lowest BCUT2D eigenvalue weighted by atomic mass is 10.0. The maximum absolute atomic E-state index is 12.1. The van der Waals surface area contributed by atoms with Gasteiger partial charge in [0, 0.05) is 6.54 Å². The fourth-order valence-electron chi connectivity index (χ4n) is 2.36. The summed E-state index contributed by atoms with van der Waals surface area (Å²) in [6.45, 7) is 4.10. The van der Waals surface area contributed by atoms with Crippen molar-refractivity contribution in [1.82, 2.24) is 16.0 Å².